The standard InChI is InChI=1S/C14H14N2O2S/c1-14(2)12(17)15-13(18)16(14)7-9-8-19-11-6-4-3-5-10(9)11/h3-6,8H,7H2,1-2H3,(H,15,17,18). The fourth-order valence-electron chi connectivity index (χ4n) is 2.29. The molecule has 0 spiro atoms. The van der Waals surface area contributed by atoms with Crippen LogP contribution in [0.2, 0.25) is 0 Å². The summed E-state index contributed by atoms with van der Waals surface area (Å²) >= 11 is 1.66. The van der Waals surface area contributed by atoms with Gasteiger partial charge in [-0.3, -0.25) is 10.1 Å². The minimum Gasteiger partial charge on any atom is -0.306 e. The first-order valence-electron chi connectivity index (χ1n) is 6.08. The molecule has 0 atom stereocenters. The summed E-state index contributed by atoms with van der Waals surface area (Å²) in [5.74, 6) is -0.239. The summed E-state index contributed by atoms with van der Waals surface area (Å²) in [4.78, 5) is 25.2. The Morgan fingerprint density at radius 3 is 2.68 bits per heavy atom. The number of hydrogen-bond acceptors (Lipinski definition) is 3. The Balaban J connectivity index is 1.97. The zero-order valence-corrected chi connectivity index (χ0v) is 11.6. The van der Waals surface area contributed by atoms with Gasteiger partial charge in [0.25, 0.3) is 5.91 Å². The van der Waals surface area contributed by atoms with Crippen LogP contribution in [-0.2, 0) is 11.3 Å². The number of carbonyl (C=O) groups excluding carboxylic acids is 2. The van der Waals surface area contributed by atoms with Crippen LogP contribution in [-0.4, -0.2) is 22.4 Å². The molecule has 4 nitrogen and oxygen atoms in total. The van der Waals surface area contributed by atoms with Crippen LogP contribution >= 0.6 is 11.3 Å². The summed E-state index contributed by atoms with van der Waals surface area (Å²) in [6.07, 6.45) is 0. The molecule has 0 unspecified atom stereocenters. The molecule has 19 heavy (non-hydrogen) atoms. The van der Waals surface area contributed by atoms with Gasteiger partial charge in [0.1, 0.15) is 5.54 Å². The summed E-state index contributed by atoms with van der Waals surface area (Å²) in [7, 11) is 0. The molecule has 98 valence electrons. The lowest BCUT2D eigenvalue weighted by molar-refractivity contribution is -0.125. The minimum atomic E-state index is -0.792. The van der Waals surface area contributed by atoms with E-state index in [4.69, 9.17) is 0 Å². The number of urea groups is 1. The molecule has 0 radical (unpaired) electrons. The van der Waals surface area contributed by atoms with Crippen molar-refractivity contribution in [3.8, 4) is 0 Å². The van der Waals surface area contributed by atoms with E-state index in [1.54, 1.807) is 30.1 Å². The molecule has 5 heteroatoms. The Hall–Kier alpha value is -1.88. The van der Waals surface area contributed by atoms with Gasteiger partial charge < -0.3 is 4.90 Å². The maximum atomic E-state index is 11.9. The van der Waals surface area contributed by atoms with Crippen LogP contribution in [0.4, 0.5) is 4.79 Å². The van der Waals surface area contributed by atoms with E-state index in [1.807, 2.05) is 18.2 Å². The predicted molar refractivity (Wildman–Crippen MR) is 75.0 cm³/mol. The van der Waals surface area contributed by atoms with E-state index in [-0.39, 0.29) is 11.9 Å². The van der Waals surface area contributed by atoms with Crippen LogP contribution in [0, 0.1) is 0 Å². The third-order valence-corrected chi connectivity index (χ3v) is 4.60. The summed E-state index contributed by atoms with van der Waals surface area (Å²) in [5, 5.41) is 5.57. The average Bonchev–Trinajstić information content (AvgIpc) is 2.85. The first kappa shape index (κ1) is 12.2. The number of amides is 3. The van der Waals surface area contributed by atoms with Gasteiger partial charge in [-0.2, -0.15) is 0 Å². The highest BCUT2D eigenvalue weighted by molar-refractivity contribution is 7.17. The Bertz CT molecular complexity index is 675. The molecule has 1 aromatic carbocycles. The lowest BCUT2D eigenvalue weighted by Gasteiger charge is -2.27. The number of benzene rings is 1. The maximum Gasteiger partial charge on any atom is 0.325 e. The number of nitrogens with one attached hydrogen (secondary N) is 1. The normalized spacial score (nSPS) is 18.1. The fraction of sp³-hybridized carbons (Fsp3) is 0.286. The first-order valence-corrected chi connectivity index (χ1v) is 6.96. The van der Waals surface area contributed by atoms with Crippen LogP contribution in [0.25, 0.3) is 10.1 Å². The zero-order chi connectivity index (χ0) is 13.6. The monoisotopic (exact) mass is 274 g/mol. The number of nitrogens with zero attached hydrogens (tertiary/aromatic N) is 1. The molecule has 1 saturated heterocycles. The van der Waals surface area contributed by atoms with Crippen LogP contribution in [0.1, 0.15) is 19.4 Å². The number of thiophene rings is 1. The topological polar surface area (TPSA) is 49.4 Å². The Kier molecular flexibility index (Phi) is 2.60. The number of fused-ring (bicyclic) bond motifs is 1. The van der Waals surface area contributed by atoms with Gasteiger partial charge in [0.2, 0.25) is 0 Å². The molecule has 0 aliphatic carbocycles. The number of imide groups is 1. The second-order valence-corrected chi connectivity index (χ2v) is 6.07. The second kappa shape index (κ2) is 4.06. The summed E-state index contributed by atoms with van der Waals surface area (Å²) < 4.78 is 1.20. The van der Waals surface area contributed by atoms with Gasteiger partial charge in [-0.1, -0.05) is 18.2 Å². The van der Waals surface area contributed by atoms with Crippen LogP contribution in [0.15, 0.2) is 29.6 Å². The van der Waals surface area contributed by atoms with Gasteiger partial charge >= 0.3 is 6.03 Å². The second-order valence-electron chi connectivity index (χ2n) is 5.16. The van der Waals surface area contributed by atoms with Crippen molar-refractivity contribution in [2.75, 3.05) is 0 Å². The van der Waals surface area contributed by atoms with E-state index in [0.29, 0.717) is 6.54 Å². The van der Waals surface area contributed by atoms with E-state index in [9.17, 15) is 9.59 Å². The molecule has 0 bridgehead atoms. The molecule has 3 amide bonds. The molecule has 1 N–H and O–H groups in total. The van der Waals surface area contributed by atoms with Crippen molar-refractivity contribution >= 4 is 33.4 Å². The SMILES string of the molecule is CC1(C)C(=O)NC(=O)N1Cc1csc2ccccc12. The molecule has 2 heterocycles. The van der Waals surface area contributed by atoms with Gasteiger partial charge in [0.05, 0.1) is 0 Å². The molecule has 1 aliphatic heterocycles. The van der Waals surface area contributed by atoms with Gasteiger partial charge in [0.15, 0.2) is 0 Å². The van der Waals surface area contributed by atoms with Gasteiger partial charge in [-0.15, -0.1) is 11.3 Å². The molecule has 0 saturated carbocycles. The van der Waals surface area contributed by atoms with Crippen molar-refractivity contribution < 1.29 is 9.59 Å². The van der Waals surface area contributed by atoms with Crippen LogP contribution < -0.4 is 5.32 Å². The highest BCUT2D eigenvalue weighted by Crippen LogP contribution is 2.30. The first-order chi connectivity index (χ1) is 9.00. The minimum absolute atomic E-state index is 0.239. The van der Waals surface area contributed by atoms with Crippen molar-refractivity contribution in [2.24, 2.45) is 0 Å². The molecular formula is C14H14N2O2S. The summed E-state index contributed by atoms with van der Waals surface area (Å²) in [5.41, 5.74) is 0.290. The molecule has 1 fully saturated rings. The van der Waals surface area contributed by atoms with Gasteiger partial charge in [-0.05, 0) is 36.2 Å². The zero-order valence-electron chi connectivity index (χ0n) is 10.8. The average molecular weight is 274 g/mol. The largest absolute Gasteiger partial charge is 0.325 e. The highest BCUT2D eigenvalue weighted by atomic mass is 32.1. The van der Waals surface area contributed by atoms with E-state index in [1.165, 1.54) is 4.70 Å². The predicted octanol–water partition coefficient (Wildman–Crippen LogP) is 2.73. The quantitative estimate of drug-likeness (QED) is 0.856. The van der Waals surface area contributed by atoms with Gasteiger partial charge in [0, 0.05) is 11.2 Å². The Morgan fingerprint density at radius 1 is 1.26 bits per heavy atom. The molecule has 1 aliphatic rings. The molecular weight excluding hydrogens is 260 g/mol. The fourth-order valence-corrected chi connectivity index (χ4v) is 3.24. The third kappa shape index (κ3) is 1.81. The molecule has 3 rings (SSSR count). The van der Waals surface area contributed by atoms with E-state index >= 15 is 0 Å². The van der Waals surface area contributed by atoms with Crippen molar-refractivity contribution in [1.29, 1.82) is 0 Å². The smallest absolute Gasteiger partial charge is 0.306 e. The van der Waals surface area contributed by atoms with Crippen molar-refractivity contribution in [2.45, 2.75) is 25.9 Å². The Labute approximate surface area is 115 Å². The summed E-state index contributed by atoms with van der Waals surface area (Å²) in [6.45, 7) is 3.98. The molecule has 2 aromatic rings. The van der Waals surface area contributed by atoms with E-state index < -0.39 is 5.54 Å². The van der Waals surface area contributed by atoms with Crippen LogP contribution in [0.5, 0.6) is 0 Å². The number of hydrogen-bond donors (Lipinski definition) is 1. The lowest BCUT2D eigenvalue weighted by Crippen LogP contribution is -2.43. The third-order valence-electron chi connectivity index (χ3n) is 3.59. The lowest BCUT2D eigenvalue weighted by atomic mass is 10.0. The van der Waals surface area contributed by atoms with Crippen LogP contribution in [0.3, 0.4) is 0 Å². The highest BCUT2D eigenvalue weighted by Gasteiger charge is 2.45. The summed E-state index contributed by atoms with van der Waals surface area (Å²) in [6, 6.07) is 7.77. The Morgan fingerprint density at radius 2 is 2.00 bits per heavy atom. The maximum absolute atomic E-state index is 11.9. The van der Waals surface area contributed by atoms with Crippen molar-refractivity contribution in [3.63, 3.8) is 0 Å². The van der Waals surface area contributed by atoms with Gasteiger partial charge in [-0.25, -0.2) is 4.79 Å². The van der Waals surface area contributed by atoms with Crippen molar-refractivity contribution in [3.05, 3.63) is 35.2 Å². The molecule has 1 aromatic heterocycles. The van der Waals surface area contributed by atoms with Crippen molar-refractivity contribution in [1.82, 2.24) is 10.2 Å². The van der Waals surface area contributed by atoms with E-state index in [0.717, 1.165) is 10.9 Å². The number of rotatable bonds is 2. The number of carbonyl (C=O) groups is 2. The van der Waals surface area contributed by atoms with E-state index in [2.05, 4.69) is 16.8 Å².